The van der Waals surface area contributed by atoms with Gasteiger partial charge in [-0.2, -0.15) is 5.10 Å². The summed E-state index contributed by atoms with van der Waals surface area (Å²) < 4.78 is 0. The van der Waals surface area contributed by atoms with E-state index in [2.05, 4.69) is 20.5 Å². The maximum Gasteiger partial charge on any atom is 0.223 e. The summed E-state index contributed by atoms with van der Waals surface area (Å²) in [6, 6.07) is 2.38. The highest BCUT2D eigenvalue weighted by Gasteiger charge is 2.40. The van der Waals surface area contributed by atoms with Crippen LogP contribution in [0.15, 0.2) is 6.07 Å². The maximum atomic E-state index is 12.2. The first-order valence-electron chi connectivity index (χ1n) is 6.89. The first kappa shape index (κ1) is 12.3. The van der Waals surface area contributed by atoms with Crippen molar-refractivity contribution < 1.29 is 4.79 Å². The molecule has 19 heavy (non-hydrogen) atoms. The highest BCUT2D eigenvalue weighted by atomic mass is 16.2. The molecule has 3 rings (SSSR count). The number of nitrogens with one attached hydrogen (secondary N) is 1. The fraction of sp³-hybridized carbons (Fsp3) is 0.615. The topological polar surface area (TPSA) is 84.1 Å². The first-order valence-corrected chi connectivity index (χ1v) is 6.89. The Morgan fingerprint density at radius 2 is 2.37 bits per heavy atom. The summed E-state index contributed by atoms with van der Waals surface area (Å²) in [5.74, 6) is 6.20. The van der Waals surface area contributed by atoms with Gasteiger partial charge >= 0.3 is 0 Å². The molecule has 1 fully saturated rings. The second-order valence-electron chi connectivity index (χ2n) is 5.24. The Balaban J connectivity index is 2.03. The number of piperidine rings is 1. The zero-order valence-corrected chi connectivity index (χ0v) is 11.1. The van der Waals surface area contributed by atoms with Crippen LogP contribution in [0.4, 0.5) is 5.82 Å². The minimum absolute atomic E-state index is 0.151. The van der Waals surface area contributed by atoms with Gasteiger partial charge in [-0.05, 0) is 25.3 Å². The van der Waals surface area contributed by atoms with E-state index in [1.165, 1.54) is 0 Å². The molecule has 2 atom stereocenters. The SMILES string of the molecule is CCC(=O)N1C2CCCC1c1cc(NN)nnc1C2. The zero-order chi connectivity index (χ0) is 13.4. The van der Waals surface area contributed by atoms with Crippen LogP contribution in [-0.2, 0) is 11.2 Å². The summed E-state index contributed by atoms with van der Waals surface area (Å²) in [7, 11) is 0. The molecule has 0 spiro atoms. The molecule has 2 aliphatic heterocycles. The smallest absolute Gasteiger partial charge is 0.223 e. The van der Waals surface area contributed by atoms with Crippen molar-refractivity contribution in [1.29, 1.82) is 0 Å². The molecule has 1 saturated heterocycles. The summed E-state index contributed by atoms with van der Waals surface area (Å²) in [6.45, 7) is 1.92. The normalized spacial score (nSPS) is 24.8. The van der Waals surface area contributed by atoms with E-state index in [0.29, 0.717) is 18.3 Å². The second kappa shape index (κ2) is 4.77. The molecule has 102 valence electrons. The number of nitrogens with two attached hydrogens (primary N) is 1. The maximum absolute atomic E-state index is 12.2. The molecule has 0 saturated carbocycles. The minimum atomic E-state index is 0.151. The third-order valence-electron chi connectivity index (χ3n) is 4.17. The van der Waals surface area contributed by atoms with E-state index in [9.17, 15) is 4.79 Å². The Bertz CT molecular complexity index is 504. The van der Waals surface area contributed by atoms with Crippen molar-refractivity contribution >= 4 is 11.7 Å². The van der Waals surface area contributed by atoms with E-state index in [4.69, 9.17) is 5.84 Å². The molecule has 3 heterocycles. The van der Waals surface area contributed by atoms with Crippen LogP contribution >= 0.6 is 0 Å². The number of carbonyl (C=O) groups excluding carboxylic acids is 1. The Kier molecular flexibility index (Phi) is 3.10. The summed E-state index contributed by atoms with van der Waals surface area (Å²) >= 11 is 0. The molecule has 1 aromatic heterocycles. The van der Waals surface area contributed by atoms with Crippen LogP contribution in [0.1, 0.15) is 49.9 Å². The fourth-order valence-corrected chi connectivity index (χ4v) is 3.32. The predicted octanol–water partition coefficient (Wildman–Crippen LogP) is 1.15. The van der Waals surface area contributed by atoms with E-state index < -0.39 is 0 Å². The Labute approximate surface area is 112 Å². The summed E-state index contributed by atoms with van der Waals surface area (Å²) in [5.41, 5.74) is 4.67. The van der Waals surface area contributed by atoms with Crippen molar-refractivity contribution in [2.75, 3.05) is 5.43 Å². The van der Waals surface area contributed by atoms with Gasteiger partial charge < -0.3 is 10.3 Å². The number of aromatic nitrogens is 2. The number of hydrazine groups is 1. The molecule has 1 amide bonds. The van der Waals surface area contributed by atoms with Gasteiger partial charge in [0, 0.05) is 24.4 Å². The van der Waals surface area contributed by atoms with Crippen molar-refractivity contribution in [3.8, 4) is 0 Å². The van der Waals surface area contributed by atoms with Crippen LogP contribution in [0.5, 0.6) is 0 Å². The van der Waals surface area contributed by atoms with Gasteiger partial charge in [-0.15, -0.1) is 5.10 Å². The van der Waals surface area contributed by atoms with E-state index in [1.54, 1.807) is 0 Å². The van der Waals surface area contributed by atoms with Crippen LogP contribution in [0.3, 0.4) is 0 Å². The number of fused-ring (bicyclic) bond motifs is 4. The van der Waals surface area contributed by atoms with Crippen molar-refractivity contribution in [2.24, 2.45) is 5.84 Å². The molecule has 0 radical (unpaired) electrons. The highest BCUT2D eigenvalue weighted by Crippen LogP contribution is 2.41. The van der Waals surface area contributed by atoms with Gasteiger partial charge in [0.05, 0.1) is 11.7 Å². The molecule has 6 heteroatoms. The van der Waals surface area contributed by atoms with Crippen molar-refractivity contribution in [3.05, 3.63) is 17.3 Å². The fourth-order valence-electron chi connectivity index (χ4n) is 3.32. The lowest BCUT2D eigenvalue weighted by Crippen LogP contribution is -2.50. The lowest BCUT2D eigenvalue weighted by Gasteiger charge is -2.46. The van der Waals surface area contributed by atoms with E-state index in [1.807, 2.05) is 13.0 Å². The lowest BCUT2D eigenvalue weighted by atomic mass is 9.82. The van der Waals surface area contributed by atoms with Crippen molar-refractivity contribution in [1.82, 2.24) is 15.1 Å². The number of carbonyl (C=O) groups is 1. The summed E-state index contributed by atoms with van der Waals surface area (Å²) in [4.78, 5) is 14.3. The minimum Gasteiger partial charge on any atom is -0.332 e. The van der Waals surface area contributed by atoms with Crippen LogP contribution < -0.4 is 11.3 Å². The molecule has 0 aromatic carbocycles. The largest absolute Gasteiger partial charge is 0.332 e. The standard InChI is InChI=1S/C13H19N5O/c1-2-13(19)18-8-4-3-5-11(18)9-7-12(15-14)17-16-10(9)6-8/h7-8,11H,2-6,14H2,1H3,(H,15,17). The number of nitrogens with zero attached hydrogens (tertiary/aromatic N) is 3. The Morgan fingerprint density at radius 1 is 1.53 bits per heavy atom. The van der Waals surface area contributed by atoms with Crippen molar-refractivity contribution in [2.45, 2.75) is 51.1 Å². The molecule has 1 aromatic rings. The van der Waals surface area contributed by atoms with E-state index >= 15 is 0 Å². The first-order chi connectivity index (χ1) is 9.24. The molecule has 0 aliphatic carbocycles. The zero-order valence-electron chi connectivity index (χ0n) is 11.1. The number of amides is 1. The highest BCUT2D eigenvalue weighted by molar-refractivity contribution is 5.77. The monoisotopic (exact) mass is 261 g/mol. The quantitative estimate of drug-likeness (QED) is 0.616. The molecule has 2 aliphatic rings. The number of hydrogen-bond donors (Lipinski definition) is 2. The number of rotatable bonds is 2. The van der Waals surface area contributed by atoms with Crippen LogP contribution in [0.2, 0.25) is 0 Å². The average molecular weight is 261 g/mol. The molecule has 2 bridgehead atoms. The molecule has 3 N–H and O–H groups in total. The van der Waals surface area contributed by atoms with E-state index in [0.717, 1.165) is 36.9 Å². The van der Waals surface area contributed by atoms with Gasteiger partial charge in [-0.25, -0.2) is 5.84 Å². The van der Waals surface area contributed by atoms with Gasteiger partial charge in [0.15, 0.2) is 5.82 Å². The second-order valence-corrected chi connectivity index (χ2v) is 5.24. The molecule has 6 nitrogen and oxygen atoms in total. The van der Waals surface area contributed by atoms with Crippen LogP contribution in [0, 0.1) is 0 Å². The van der Waals surface area contributed by atoms with Crippen molar-refractivity contribution in [3.63, 3.8) is 0 Å². The summed E-state index contributed by atoms with van der Waals surface area (Å²) in [6.07, 6.45) is 4.61. The average Bonchev–Trinajstić information content (AvgIpc) is 2.45. The van der Waals surface area contributed by atoms with Gasteiger partial charge in [0.25, 0.3) is 0 Å². The van der Waals surface area contributed by atoms with Gasteiger partial charge in [0.1, 0.15) is 0 Å². The number of anilines is 1. The van der Waals surface area contributed by atoms with Gasteiger partial charge in [-0.1, -0.05) is 6.92 Å². The molecule has 2 unspecified atom stereocenters. The lowest BCUT2D eigenvalue weighted by molar-refractivity contribution is -0.139. The number of nitrogen functional groups attached to an aromatic ring is 1. The van der Waals surface area contributed by atoms with Crippen LogP contribution in [-0.4, -0.2) is 27.0 Å². The van der Waals surface area contributed by atoms with Gasteiger partial charge in [-0.3, -0.25) is 4.79 Å². The third-order valence-corrected chi connectivity index (χ3v) is 4.17. The molecular formula is C13H19N5O. The summed E-state index contributed by atoms with van der Waals surface area (Å²) in [5, 5.41) is 8.30. The molecular weight excluding hydrogens is 242 g/mol. The number of hydrogen-bond acceptors (Lipinski definition) is 5. The van der Waals surface area contributed by atoms with E-state index in [-0.39, 0.29) is 11.9 Å². The Morgan fingerprint density at radius 3 is 3.11 bits per heavy atom. The Hall–Kier alpha value is -1.69. The predicted molar refractivity (Wildman–Crippen MR) is 71.1 cm³/mol. The van der Waals surface area contributed by atoms with Crippen LogP contribution in [0.25, 0.3) is 0 Å². The van der Waals surface area contributed by atoms with Gasteiger partial charge in [0.2, 0.25) is 5.91 Å². The third kappa shape index (κ3) is 1.96.